The Kier molecular flexibility index (Phi) is 7.50. The van der Waals surface area contributed by atoms with Crippen LogP contribution in [0.1, 0.15) is 22.3 Å². The number of halogens is 1. The van der Waals surface area contributed by atoms with Gasteiger partial charge in [0.1, 0.15) is 30.3 Å². The molecule has 6 nitrogen and oxygen atoms in total. The Hall–Kier alpha value is -3.06. The van der Waals surface area contributed by atoms with Crippen molar-refractivity contribution < 1.29 is 24.5 Å². The van der Waals surface area contributed by atoms with Gasteiger partial charge in [0.25, 0.3) is 0 Å². The minimum Gasteiger partial charge on any atom is -0.489 e. The van der Waals surface area contributed by atoms with Crippen molar-refractivity contribution in [2.45, 2.75) is 25.0 Å². The van der Waals surface area contributed by atoms with Gasteiger partial charge in [-0.2, -0.15) is 0 Å². The number of ether oxygens (including phenoxy) is 2. The van der Waals surface area contributed by atoms with Crippen molar-refractivity contribution in [3.8, 4) is 22.6 Å². The van der Waals surface area contributed by atoms with Crippen LogP contribution in [0.4, 0.5) is 0 Å². The Balaban J connectivity index is 1.25. The molecule has 172 valence electrons. The summed E-state index contributed by atoms with van der Waals surface area (Å²) in [6, 6.07) is 20.1. The summed E-state index contributed by atoms with van der Waals surface area (Å²) in [4.78, 5) is 11.0. The van der Waals surface area contributed by atoms with E-state index in [2.05, 4.69) is 11.4 Å². The Morgan fingerprint density at radius 2 is 1.88 bits per heavy atom. The van der Waals surface area contributed by atoms with Gasteiger partial charge in [0.15, 0.2) is 0 Å². The number of carboxylic acid groups (broad SMARTS) is 1. The van der Waals surface area contributed by atoms with Crippen LogP contribution in [0.5, 0.6) is 11.5 Å². The second-order valence-electron chi connectivity index (χ2n) is 8.04. The predicted molar refractivity (Wildman–Crippen MR) is 127 cm³/mol. The number of aromatic carboxylic acids is 1. The highest BCUT2D eigenvalue weighted by Crippen LogP contribution is 2.32. The number of carbonyl (C=O) groups is 1. The molecule has 0 radical (unpaired) electrons. The maximum Gasteiger partial charge on any atom is 0.335 e. The standard InChI is InChI=1S/C26H26ClNO5/c27-23-3-1-2-4-25(23)32-16-21(29)14-28-15-22-11-9-20-13-19(10-12-24(20)33-22)17-5-7-18(8-6-17)26(30)31/h1-8,10,12-13,21-22,28-29H,9,11,14-16H2,(H,30,31)/t21?,22-/m1/s1. The Morgan fingerprint density at radius 1 is 1.12 bits per heavy atom. The number of para-hydroxylation sites is 1. The number of benzene rings is 3. The van der Waals surface area contributed by atoms with Gasteiger partial charge < -0.3 is 25.0 Å². The van der Waals surface area contributed by atoms with Gasteiger partial charge in [-0.15, -0.1) is 0 Å². The normalized spacial score (nSPS) is 15.9. The number of aliphatic hydroxyl groups excluding tert-OH is 1. The Morgan fingerprint density at radius 3 is 2.64 bits per heavy atom. The molecule has 0 saturated heterocycles. The van der Waals surface area contributed by atoms with Gasteiger partial charge in [-0.1, -0.05) is 41.9 Å². The van der Waals surface area contributed by atoms with Crippen molar-refractivity contribution in [1.82, 2.24) is 5.32 Å². The zero-order valence-corrected chi connectivity index (χ0v) is 18.8. The number of hydrogen-bond acceptors (Lipinski definition) is 5. The molecule has 0 amide bonds. The highest BCUT2D eigenvalue weighted by Gasteiger charge is 2.20. The fraction of sp³-hybridized carbons (Fsp3) is 0.269. The van der Waals surface area contributed by atoms with E-state index in [1.165, 1.54) is 0 Å². The third kappa shape index (κ3) is 6.05. The topological polar surface area (TPSA) is 88.0 Å². The molecule has 33 heavy (non-hydrogen) atoms. The molecule has 0 aromatic heterocycles. The lowest BCUT2D eigenvalue weighted by Gasteiger charge is -2.27. The van der Waals surface area contributed by atoms with Crippen LogP contribution < -0.4 is 14.8 Å². The quantitative estimate of drug-likeness (QED) is 0.431. The van der Waals surface area contributed by atoms with E-state index in [0.717, 1.165) is 35.3 Å². The largest absolute Gasteiger partial charge is 0.489 e. The molecule has 1 heterocycles. The van der Waals surface area contributed by atoms with Crippen LogP contribution in [0.3, 0.4) is 0 Å². The summed E-state index contributed by atoms with van der Waals surface area (Å²) in [5, 5.41) is 23.0. The van der Waals surface area contributed by atoms with E-state index in [4.69, 9.17) is 26.2 Å². The Bertz CT molecular complexity index is 1100. The SMILES string of the molecule is O=C(O)c1ccc(-c2ccc3c(c2)CC[C@H](CNCC(O)COc2ccccc2Cl)O3)cc1. The fourth-order valence-electron chi connectivity index (χ4n) is 3.79. The molecule has 0 bridgehead atoms. The molecule has 0 saturated carbocycles. The molecule has 1 aliphatic rings. The number of fused-ring (bicyclic) bond motifs is 1. The third-order valence-corrected chi connectivity index (χ3v) is 5.89. The summed E-state index contributed by atoms with van der Waals surface area (Å²) in [6.45, 7) is 1.17. The van der Waals surface area contributed by atoms with Crippen molar-refractivity contribution in [1.29, 1.82) is 0 Å². The molecule has 4 rings (SSSR count). The van der Waals surface area contributed by atoms with E-state index < -0.39 is 12.1 Å². The smallest absolute Gasteiger partial charge is 0.335 e. The predicted octanol–water partition coefficient (Wildman–Crippen LogP) is 4.43. The second kappa shape index (κ2) is 10.7. The highest BCUT2D eigenvalue weighted by molar-refractivity contribution is 6.32. The van der Waals surface area contributed by atoms with Gasteiger partial charge in [0.05, 0.1) is 10.6 Å². The zero-order valence-electron chi connectivity index (χ0n) is 18.0. The summed E-state index contributed by atoms with van der Waals surface area (Å²) >= 11 is 6.06. The number of nitrogens with one attached hydrogen (secondary N) is 1. The van der Waals surface area contributed by atoms with E-state index in [0.29, 0.717) is 23.9 Å². The van der Waals surface area contributed by atoms with E-state index in [1.54, 1.807) is 24.3 Å². The van der Waals surface area contributed by atoms with Gasteiger partial charge in [-0.3, -0.25) is 0 Å². The first-order valence-corrected chi connectivity index (χ1v) is 11.3. The highest BCUT2D eigenvalue weighted by atomic mass is 35.5. The molecule has 1 unspecified atom stereocenters. The van der Waals surface area contributed by atoms with E-state index in [-0.39, 0.29) is 18.3 Å². The lowest BCUT2D eigenvalue weighted by atomic mass is 9.96. The Labute approximate surface area is 197 Å². The minimum absolute atomic E-state index is 0.0230. The van der Waals surface area contributed by atoms with Gasteiger partial charge in [-0.05, 0) is 65.9 Å². The van der Waals surface area contributed by atoms with E-state index in [1.807, 2.05) is 36.4 Å². The van der Waals surface area contributed by atoms with Crippen LogP contribution in [0.15, 0.2) is 66.7 Å². The van der Waals surface area contributed by atoms with E-state index >= 15 is 0 Å². The molecular formula is C26H26ClNO5. The molecular weight excluding hydrogens is 442 g/mol. The molecule has 3 aromatic carbocycles. The molecule has 0 fully saturated rings. The fourth-order valence-corrected chi connectivity index (χ4v) is 3.98. The molecule has 3 N–H and O–H groups in total. The first kappa shape index (κ1) is 23.1. The van der Waals surface area contributed by atoms with Gasteiger partial charge in [0.2, 0.25) is 0 Å². The summed E-state index contributed by atoms with van der Waals surface area (Å²) in [5.41, 5.74) is 3.42. The van der Waals surface area contributed by atoms with Crippen molar-refractivity contribution in [2.75, 3.05) is 19.7 Å². The summed E-state index contributed by atoms with van der Waals surface area (Å²) in [5.74, 6) is 0.491. The third-order valence-electron chi connectivity index (χ3n) is 5.57. The second-order valence-corrected chi connectivity index (χ2v) is 8.44. The van der Waals surface area contributed by atoms with Crippen LogP contribution in [0.25, 0.3) is 11.1 Å². The van der Waals surface area contributed by atoms with Crippen molar-refractivity contribution in [2.24, 2.45) is 0 Å². The van der Waals surface area contributed by atoms with Crippen molar-refractivity contribution in [3.63, 3.8) is 0 Å². The average Bonchev–Trinajstić information content (AvgIpc) is 2.83. The molecule has 0 spiro atoms. The summed E-state index contributed by atoms with van der Waals surface area (Å²) < 4.78 is 11.7. The van der Waals surface area contributed by atoms with Crippen LogP contribution in [0.2, 0.25) is 5.02 Å². The maximum absolute atomic E-state index is 11.0. The first-order chi connectivity index (χ1) is 16.0. The van der Waals surface area contributed by atoms with Gasteiger partial charge in [0, 0.05) is 13.1 Å². The molecule has 7 heteroatoms. The summed E-state index contributed by atoms with van der Waals surface area (Å²) in [7, 11) is 0. The average molecular weight is 468 g/mol. The number of aryl methyl sites for hydroxylation is 1. The van der Waals surface area contributed by atoms with Crippen LogP contribution in [-0.4, -0.2) is 48.1 Å². The number of aliphatic hydroxyl groups is 1. The molecule has 0 aliphatic carbocycles. The van der Waals surface area contributed by atoms with Crippen LogP contribution in [0, 0.1) is 0 Å². The van der Waals surface area contributed by atoms with Crippen LogP contribution in [-0.2, 0) is 6.42 Å². The number of carboxylic acids is 1. The monoisotopic (exact) mass is 467 g/mol. The summed E-state index contributed by atoms with van der Waals surface area (Å²) in [6.07, 6.45) is 1.12. The van der Waals surface area contributed by atoms with E-state index in [9.17, 15) is 9.90 Å². The first-order valence-electron chi connectivity index (χ1n) is 10.9. The lowest BCUT2D eigenvalue weighted by Crippen LogP contribution is -2.39. The minimum atomic E-state index is -0.930. The van der Waals surface area contributed by atoms with Gasteiger partial charge in [-0.25, -0.2) is 4.79 Å². The van der Waals surface area contributed by atoms with Crippen LogP contribution >= 0.6 is 11.6 Å². The van der Waals surface area contributed by atoms with Crippen molar-refractivity contribution in [3.05, 3.63) is 82.9 Å². The van der Waals surface area contributed by atoms with Crippen molar-refractivity contribution >= 4 is 17.6 Å². The zero-order chi connectivity index (χ0) is 23.2. The lowest BCUT2D eigenvalue weighted by molar-refractivity contribution is 0.0697. The number of hydrogen-bond donors (Lipinski definition) is 3. The van der Waals surface area contributed by atoms with Gasteiger partial charge >= 0.3 is 5.97 Å². The molecule has 2 atom stereocenters. The molecule has 3 aromatic rings. The number of rotatable bonds is 9. The molecule has 1 aliphatic heterocycles. The maximum atomic E-state index is 11.0.